The summed E-state index contributed by atoms with van der Waals surface area (Å²) >= 11 is 0. The second-order valence-electron chi connectivity index (χ2n) is 8.06. The van der Waals surface area contributed by atoms with E-state index >= 15 is 0 Å². The number of aryl methyl sites for hydroxylation is 2. The summed E-state index contributed by atoms with van der Waals surface area (Å²) in [6, 6.07) is 10.4. The molecule has 0 spiro atoms. The van der Waals surface area contributed by atoms with Crippen molar-refractivity contribution >= 4 is 5.91 Å². The van der Waals surface area contributed by atoms with E-state index < -0.39 is 0 Å². The highest BCUT2D eigenvalue weighted by molar-refractivity contribution is 5.76. The highest BCUT2D eigenvalue weighted by Crippen LogP contribution is 2.17. The van der Waals surface area contributed by atoms with Crippen LogP contribution in [0.2, 0.25) is 0 Å². The van der Waals surface area contributed by atoms with Crippen LogP contribution in [-0.4, -0.2) is 52.2 Å². The number of carbonyl (C=O) groups is 1. The van der Waals surface area contributed by atoms with Crippen LogP contribution in [0, 0.1) is 19.8 Å². The second-order valence-corrected chi connectivity index (χ2v) is 8.06. The van der Waals surface area contributed by atoms with Crippen LogP contribution in [0.4, 0.5) is 0 Å². The molecule has 146 valence electrons. The molecule has 1 aliphatic heterocycles. The van der Waals surface area contributed by atoms with Crippen LogP contribution in [-0.2, 0) is 11.3 Å². The van der Waals surface area contributed by atoms with Gasteiger partial charge in [-0.15, -0.1) is 0 Å². The van der Waals surface area contributed by atoms with Crippen LogP contribution in [0.5, 0.6) is 0 Å². The van der Waals surface area contributed by atoms with Crippen molar-refractivity contribution < 1.29 is 4.79 Å². The van der Waals surface area contributed by atoms with Gasteiger partial charge < -0.3 is 9.80 Å². The third kappa shape index (κ3) is 5.19. The Hall–Kier alpha value is -2.14. The Labute approximate surface area is 163 Å². The van der Waals surface area contributed by atoms with Gasteiger partial charge in [-0.3, -0.25) is 4.79 Å². The molecule has 1 aromatic carbocycles. The van der Waals surface area contributed by atoms with Gasteiger partial charge in [0.05, 0.1) is 11.4 Å². The van der Waals surface area contributed by atoms with Crippen molar-refractivity contribution in [3.8, 4) is 5.69 Å². The third-order valence-electron chi connectivity index (χ3n) is 5.39. The number of likely N-dealkylation sites (tertiary alicyclic amines) is 1. The van der Waals surface area contributed by atoms with Gasteiger partial charge >= 0.3 is 0 Å². The number of aromatic nitrogens is 2. The summed E-state index contributed by atoms with van der Waals surface area (Å²) in [5, 5.41) is 4.55. The zero-order valence-electron chi connectivity index (χ0n) is 17.1. The van der Waals surface area contributed by atoms with E-state index in [0.29, 0.717) is 13.0 Å². The third-order valence-corrected chi connectivity index (χ3v) is 5.39. The van der Waals surface area contributed by atoms with Gasteiger partial charge in [0.15, 0.2) is 0 Å². The Morgan fingerprint density at radius 1 is 1.30 bits per heavy atom. The lowest BCUT2D eigenvalue weighted by atomic mass is 10.0. The van der Waals surface area contributed by atoms with Crippen molar-refractivity contribution in [3.63, 3.8) is 0 Å². The van der Waals surface area contributed by atoms with Crippen LogP contribution in [0.25, 0.3) is 5.69 Å². The van der Waals surface area contributed by atoms with Crippen molar-refractivity contribution in [3.05, 3.63) is 47.3 Å². The molecule has 1 aliphatic rings. The number of carbonyl (C=O) groups excluding carboxylic acids is 1. The molecule has 1 fully saturated rings. The Balaban J connectivity index is 1.57. The molecule has 1 atom stereocenters. The van der Waals surface area contributed by atoms with E-state index in [-0.39, 0.29) is 5.91 Å². The maximum atomic E-state index is 12.6. The van der Waals surface area contributed by atoms with E-state index in [1.54, 1.807) is 0 Å². The van der Waals surface area contributed by atoms with E-state index in [1.807, 2.05) is 29.6 Å². The highest BCUT2D eigenvalue weighted by atomic mass is 16.2. The molecule has 27 heavy (non-hydrogen) atoms. The Kier molecular flexibility index (Phi) is 6.32. The van der Waals surface area contributed by atoms with E-state index in [0.717, 1.165) is 48.2 Å². The van der Waals surface area contributed by atoms with Gasteiger partial charge in [0.2, 0.25) is 5.91 Å². The number of nitrogens with zero attached hydrogens (tertiary/aromatic N) is 4. The smallest absolute Gasteiger partial charge is 0.223 e. The molecule has 1 amide bonds. The number of hydrogen-bond acceptors (Lipinski definition) is 3. The fourth-order valence-corrected chi connectivity index (χ4v) is 3.97. The lowest BCUT2D eigenvalue weighted by molar-refractivity contribution is -0.130. The van der Waals surface area contributed by atoms with Crippen LogP contribution in [0.15, 0.2) is 30.3 Å². The average Bonchev–Trinajstić information content (AvgIpc) is 2.98. The zero-order valence-corrected chi connectivity index (χ0v) is 17.1. The van der Waals surface area contributed by atoms with Crippen molar-refractivity contribution in [1.82, 2.24) is 19.6 Å². The minimum absolute atomic E-state index is 0.213. The summed E-state index contributed by atoms with van der Waals surface area (Å²) in [5.74, 6) is 0.966. The molecule has 0 bridgehead atoms. The minimum Gasteiger partial charge on any atom is -0.341 e. The zero-order chi connectivity index (χ0) is 19.4. The van der Waals surface area contributed by atoms with Gasteiger partial charge in [0.25, 0.3) is 0 Å². The van der Waals surface area contributed by atoms with Crippen LogP contribution in [0.1, 0.15) is 43.1 Å². The van der Waals surface area contributed by atoms with Crippen LogP contribution in [0.3, 0.4) is 0 Å². The number of hydrogen-bond donors (Lipinski definition) is 0. The normalized spacial score (nSPS) is 17.9. The number of benzene rings is 1. The molecule has 0 unspecified atom stereocenters. The molecule has 5 heteroatoms. The lowest BCUT2D eigenvalue weighted by Crippen LogP contribution is -2.37. The molecule has 0 N–H and O–H groups in total. The van der Waals surface area contributed by atoms with Gasteiger partial charge in [-0.25, -0.2) is 4.68 Å². The van der Waals surface area contributed by atoms with Gasteiger partial charge in [0, 0.05) is 38.8 Å². The summed E-state index contributed by atoms with van der Waals surface area (Å²) in [5.41, 5.74) is 4.30. The van der Waals surface area contributed by atoms with Gasteiger partial charge in [-0.05, 0) is 62.9 Å². The molecule has 2 aromatic rings. The van der Waals surface area contributed by atoms with E-state index in [4.69, 9.17) is 0 Å². The van der Waals surface area contributed by atoms with E-state index in [9.17, 15) is 4.79 Å². The monoisotopic (exact) mass is 368 g/mol. The maximum Gasteiger partial charge on any atom is 0.223 e. The Morgan fingerprint density at radius 2 is 2.11 bits per heavy atom. The van der Waals surface area contributed by atoms with Crippen molar-refractivity contribution in [2.75, 3.05) is 26.7 Å². The van der Waals surface area contributed by atoms with Crippen molar-refractivity contribution in [2.45, 2.75) is 46.6 Å². The SMILES string of the molecule is Cc1cc(C)n(-c2cccc(CN(C)C(=O)CCN3CCC[C@H](C)C3)c2)n1. The first kappa shape index (κ1) is 19.6. The van der Waals surface area contributed by atoms with Gasteiger partial charge in [-0.1, -0.05) is 19.1 Å². The maximum absolute atomic E-state index is 12.6. The van der Waals surface area contributed by atoms with Gasteiger partial charge in [0.1, 0.15) is 0 Å². The molecule has 0 saturated carbocycles. The quantitative estimate of drug-likeness (QED) is 0.783. The number of amides is 1. The second kappa shape index (κ2) is 8.70. The van der Waals surface area contributed by atoms with Crippen LogP contribution >= 0.6 is 0 Å². The summed E-state index contributed by atoms with van der Waals surface area (Å²) < 4.78 is 1.96. The standard InChI is InChI=1S/C22H32N4O/c1-17-7-6-11-25(15-17)12-10-22(27)24(4)16-20-8-5-9-21(14-20)26-19(3)13-18(2)23-26/h5,8-9,13-14,17H,6-7,10-12,15-16H2,1-4H3/t17-/m0/s1. The Morgan fingerprint density at radius 3 is 2.81 bits per heavy atom. The molecule has 2 heterocycles. The predicted octanol–water partition coefficient (Wildman–Crippen LogP) is 3.57. The van der Waals surface area contributed by atoms with Gasteiger partial charge in [-0.2, -0.15) is 5.10 Å². The molecular formula is C22H32N4O. The number of piperidine rings is 1. The minimum atomic E-state index is 0.213. The fraction of sp³-hybridized carbons (Fsp3) is 0.545. The van der Waals surface area contributed by atoms with Crippen molar-refractivity contribution in [1.29, 1.82) is 0 Å². The predicted molar refractivity (Wildman–Crippen MR) is 109 cm³/mol. The fourth-order valence-electron chi connectivity index (χ4n) is 3.97. The molecule has 3 rings (SSSR count). The Bertz CT molecular complexity index is 782. The largest absolute Gasteiger partial charge is 0.341 e. The highest BCUT2D eigenvalue weighted by Gasteiger charge is 2.18. The molecule has 0 aliphatic carbocycles. The molecule has 5 nitrogen and oxygen atoms in total. The summed E-state index contributed by atoms with van der Waals surface area (Å²) in [7, 11) is 1.90. The molecule has 0 radical (unpaired) electrons. The van der Waals surface area contributed by atoms with Crippen molar-refractivity contribution in [2.24, 2.45) is 5.92 Å². The first-order valence-corrected chi connectivity index (χ1v) is 10.0. The summed E-state index contributed by atoms with van der Waals surface area (Å²) in [6.07, 6.45) is 3.17. The molecule has 1 aromatic heterocycles. The average molecular weight is 369 g/mol. The first-order chi connectivity index (χ1) is 12.9. The number of rotatable bonds is 6. The molecule has 1 saturated heterocycles. The van der Waals surface area contributed by atoms with E-state index in [2.05, 4.69) is 48.1 Å². The first-order valence-electron chi connectivity index (χ1n) is 10.0. The van der Waals surface area contributed by atoms with E-state index in [1.165, 1.54) is 12.8 Å². The molecular weight excluding hydrogens is 336 g/mol. The lowest BCUT2D eigenvalue weighted by Gasteiger charge is -2.31. The topological polar surface area (TPSA) is 41.4 Å². The summed E-state index contributed by atoms with van der Waals surface area (Å²) in [6.45, 7) is 10.1. The summed E-state index contributed by atoms with van der Waals surface area (Å²) in [4.78, 5) is 16.8. The van der Waals surface area contributed by atoms with Crippen LogP contribution < -0.4 is 0 Å².